The Morgan fingerprint density at radius 2 is 1.67 bits per heavy atom. The molecule has 0 heterocycles. The van der Waals surface area contributed by atoms with Gasteiger partial charge in [0.05, 0.1) is 24.4 Å². The lowest BCUT2D eigenvalue weighted by Gasteiger charge is -2.07. The van der Waals surface area contributed by atoms with Crippen LogP contribution in [0.5, 0.6) is 5.75 Å². The molecule has 1 N–H and O–H groups in total. The summed E-state index contributed by atoms with van der Waals surface area (Å²) in [5.41, 5.74) is 6.44. The van der Waals surface area contributed by atoms with Gasteiger partial charge >= 0.3 is 0 Å². The molecule has 0 unspecified atom stereocenters. The molecule has 3 rings (SSSR count). The molecule has 0 aliphatic carbocycles. The Hall–Kier alpha value is -3.29. The highest BCUT2D eigenvalue weighted by Gasteiger charge is 2.02. The molecule has 5 heteroatoms. The number of ether oxygens (including phenoxy) is 1. The van der Waals surface area contributed by atoms with Gasteiger partial charge in [-0.3, -0.25) is 0 Å². The number of benzene rings is 3. The van der Waals surface area contributed by atoms with Crippen molar-refractivity contribution in [2.75, 3.05) is 0 Å². The topological polar surface area (TPSA) is 57.4 Å². The maximum atomic E-state index is 9.11. The van der Waals surface area contributed by atoms with Crippen LogP contribution >= 0.6 is 11.6 Å². The molecule has 0 amide bonds. The van der Waals surface area contributed by atoms with E-state index in [1.54, 1.807) is 12.3 Å². The summed E-state index contributed by atoms with van der Waals surface area (Å²) in [5.74, 6) is 0.740. The lowest BCUT2D eigenvalue weighted by Crippen LogP contribution is -2.05. The summed E-state index contributed by atoms with van der Waals surface area (Å²) < 4.78 is 5.76. The minimum absolute atomic E-state index is 0.358. The van der Waals surface area contributed by atoms with Crippen molar-refractivity contribution in [3.8, 4) is 11.8 Å². The first-order chi connectivity index (χ1) is 13.3. The molecule has 4 nitrogen and oxygen atoms in total. The first-order valence-electron chi connectivity index (χ1n) is 8.46. The van der Waals surface area contributed by atoms with Gasteiger partial charge in [-0.15, -0.1) is 0 Å². The highest BCUT2D eigenvalue weighted by Crippen LogP contribution is 2.16. The van der Waals surface area contributed by atoms with Crippen molar-refractivity contribution in [3.63, 3.8) is 0 Å². The van der Waals surface area contributed by atoms with Crippen LogP contribution in [0.4, 0.5) is 0 Å². The smallest absolute Gasteiger partial charge is 0.119 e. The molecular weight excluding hydrogens is 358 g/mol. The third-order valence-electron chi connectivity index (χ3n) is 3.94. The maximum Gasteiger partial charge on any atom is 0.119 e. The molecular formula is C22H18ClN3O. The van der Waals surface area contributed by atoms with E-state index in [0.717, 1.165) is 27.5 Å². The van der Waals surface area contributed by atoms with Crippen molar-refractivity contribution in [2.24, 2.45) is 5.10 Å². The molecule has 0 spiro atoms. The molecule has 0 bridgehead atoms. The highest BCUT2D eigenvalue weighted by atomic mass is 35.5. The first-order valence-corrected chi connectivity index (χ1v) is 8.84. The van der Waals surface area contributed by atoms with E-state index in [1.165, 1.54) is 0 Å². The van der Waals surface area contributed by atoms with E-state index in [-0.39, 0.29) is 0 Å². The molecule has 0 aliphatic rings. The van der Waals surface area contributed by atoms with E-state index in [2.05, 4.69) is 16.6 Å². The summed E-state index contributed by atoms with van der Waals surface area (Å²) in [6.45, 7) is 0.923. The monoisotopic (exact) mass is 375 g/mol. The molecule has 27 heavy (non-hydrogen) atoms. The summed E-state index contributed by atoms with van der Waals surface area (Å²) >= 11 is 6.11. The summed E-state index contributed by atoms with van der Waals surface area (Å²) in [4.78, 5) is 0. The van der Waals surface area contributed by atoms with Crippen LogP contribution in [0, 0.1) is 11.3 Å². The third kappa shape index (κ3) is 5.34. The number of halogens is 1. The highest BCUT2D eigenvalue weighted by molar-refractivity contribution is 6.31. The molecule has 0 atom stereocenters. The second-order valence-electron chi connectivity index (χ2n) is 5.81. The zero-order valence-corrected chi connectivity index (χ0v) is 15.4. The number of hydrogen-bond acceptors (Lipinski definition) is 4. The Balaban J connectivity index is 1.51. The Kier molecular flexibility index (Phi) is 6.45. The SMILES string of the molecule is N#Cc1ccccc1COc1ccc(/C=N\NCc2ccccc2Cl)cc1. The van der Waals surface area contributed by atoms with Gasteiger partial charge in [0, 0.05) is 10.6 Å². The van der Waals surface area contributed by atoms with E-state index in [9.17, 15) is 0 Å². The number of nitrogens with one attached hydrogen (secondary N) is 1. The second kappa shape index (κ2) is 9.42. The summed E-state index contributed by atoms with van der Waals surface area (Å²) in [6, 6.07) is 24.9. The van der Waals surface area contributed by atoms with Crippen molar-refractivity contribution >= 4 is 17.8 Å². The lowest BCUT2D eigenvalue weighted by molar-refractivity contribution is 0.306. The van der Waals surface area contributed by atoms with Gasteiger partial charge in [-0.2, -0.15) is 10.4 Å². The van der Waals surface area contributed by atoms with Crippen LogP contribution < -0.4 is 10.2 Å². The average Bonchev–Trinajstić information content (AvgIpc) is 2.72. The van der Waals surface area contributed by atoms with E-state index < -0.39 is 0 Å². The molecule has 0 aromatic heterocycles. The predicted molar refractivity (Wildman–Crippen MR) is 108 cm³/mol. The summed E-state index contributed by atoms with van der Waals surface area (Å²) in [6.07, 6.45) is 1.74. The minimum atomic E-state index is 0.358. The van der Waals surface area contributed by atoms with Gasteiger partial charge in [-0.1, -0.05) is 48.0 Å². The minimum Gasteiger partial charge on any atom is -0.489 e. The van der Waals surface area contributed by atoms with Crippen LogP contribution in [0.25, 0.3) is 0 Å². The van der Waals surface area contributed by atoms with Gasteiger partial charge in [0.15, 0.2) is 0 Å². The standard InChI is InChI=1S/C22H18ClN3O/c23-22-8-4-3-6-19(22)15-26-25-14-17-9-11-21(12-10-17)27-16-20-7-2-1-5-18(20)13-24/h1-12,14,26H,15-16H2/b25-14-. The number of hydrogen-bond donors (Lipinski definition) is 1. The molecule has 3 aromatic carbocycles. The van der Waals surface area contributed by atoms with Gasteiger partial charge in [-0.05, 0) is 47.5 Å². The van der Waals surface area contributed by atoms with Gasteiger partial charge in [-0.25, -0.2) is 0 Å². The molecule has 0 radical (unpaired) electrons. The molecule has 0 fully saturated rings. The molecule has 3 aromatic rings. The summed E-state index contributed by atoms with van der Waals surface area (Å²) in [7, 11) is 0. The van der Waals surface area contributed by atoms with Crippen molar-refractivity contribution in [1.82, 2.24) is 5.43 Å². The average molecular weight is 376 g/mol. The van der Waals surface area contributed by atoms with Gasteiger partial charge in [0.1, 0.15) is 12.4 Å². The van der Waals surface area contributed by atoms with Crippen molar-refractivity contribution in [1.29, 1.82) is 5.26 Å². The maximum absolute atomic E-state index is 9.11. The second-order valence-corrected chi connectivity index (χ2v) is 6.22. The Labute approximate surface area is 163 Å². The van der Waals surface area contributed by atoms with Crippen molar-refractivity contribution < 1.29 is 4.74 Å². The number of rotatable bonds is 7. The molecule has 0 saturated heterocycles. The number of hydrazone groups is 1. The predicted octanol–water partition coefficient (Wildman–Crippen LogP) is 4.91. The van der Waals surface area contributed by atoms with Crippen LogP contribution in [0.1, 0.15) is 22.3 Å². The fourth-order valence-electron chi connectivity index (χ4n) is 2.46. The Morgan fingerprint density at radius 3 is 2.41 bits per heavy atom. The lowest BCUT2D eigenvalue weighted by atomic mass is 10.1. The fraction of sp³-hybridized carbons (Fsp3) is 0.0909. The largest absolute Gasteiger partial charge is 0.489 e. The molecule has 134 valence electrons. The van der Waals surface area contributed by atoms with E-state index in [1.807, 2.05) is 66.7 Å². The zero-order valence-electron chi connectivity index (χ0n) is 14.6. The fourth-order valence-corrected chi connectivity index (χ4v) is 2.66. The number of nitrogens with zero attached hydrogens (tertiary/aromatic N) is 2. The van der Waals surface area contributed by atoms with Crippen molar-refractivity contribution in [3.05, 3.63) is 100 Å². The number of nitriles is 1. The van der Waals surface area contributed by atoms with E-state index in [4.69, 9.17) is 21.6 Å². The van der Waals surface area contributed by atoms with Crippen LogP contribution in [-0.4, -0.2) is 6.21 Å². The van der Waals surface area contributed by atoms with Gasteiger partial charge in [0.25, 0.3) is 0 Å². The quantitative estimate of drug-likeness (QED) is 0.471. The Bertz CT molecular complexity index is 962. The van der Waals surface area contributed by atoms with E-state index >= 15 is 0 Å². The molecule has 0 aliphatic heterocycles. The summed E-state index contributed by atoms with van der Waals surface area (Å²) in [5, 5.41) is 14.0. The van der Waals surface area contributed by atoms with Crippen LogP contribution in [0.2, 0.25) is 5.02 Å². The molecule has 0 saturated carbocycles. The van der Waals surface area contributed by atoms with Gasteiger partial charge in [0.2, 0.25) is 0 Å². The normalized spacial score (nSPS) is 10.5. The van der Waals surface area contributed by atoms with Gasteiger partial charge < -0.3 is 10.2 Å². The van der Waals surface area contributed by atoms with Crippen LogP contribution in [0.3, 0.4) is 0 Å². The zero-order chi connectivity index (χ0) is 18.9. The van der Waals surface area contributed by atoms with Crippen LogP contribution in [-0.2, 0) is 13.2 Å². The van der Waals surface area contributed by atoms with E-state index in [0.29, 0.717) is 18.7 Å². The Morgan fingerprint density at radius 1 is 0.963 bits per heavy atom. The van der Waals surface area contributed by atoms with Crippen LogP contribution in [0.15, 0.2) is 77.9 Å². The first kappa shape index (κ1) is 18.5. The third-order valence-corrected chi connectivity index (χ3v) is 4.31. The van der Waals surface area contributed by atoms with Crippen molar-refractivity contribution in [2.45, 2.75) is 13.2 Å².